The summed E-state index contributed by atoms with van der Waals surface area (Å²) in [5.41, 5.74) is 0. The van der Waals surface area contributed by atoms with Crippen LogP contribution in [0.1, 0.15) is 33.6 Å². The van der Waals surface area contributed by atoms with Crippen LogP contribution in [-0.2, 0) is 4.74 Å². The average molecular weight is 178 g/mol. The van der Waals surface area contributed by atoms with Crippen molar-refractivity contribution in [2.24, 2.45) is 0 Å². The van der Waals surface area contributed by atoms with Crippen molar-refractivity contribution in [1.29, 1.82) is 0 Å². The van der Waals surface area contributed by atoms with Gasteiger partial charge in [0.2, 0.25) is 0 Å². The summed E-state index contributed by atoms with van der Waals surface area (Å²) in [4.78, 5) is 0. The molecule has 3 heteroatoms. The molecule has 0 unspecified atom stereocenters. The molecular weight excluding hydrogens is 154 g/mol. The van der Waals surface area contributed by atoms with Crippen LogP contribution in [0.3, 0.4) is 0 Å². The standard InChI is InChI=1S/C6H15B.C4H8O.Li.H/c1-4-7(5-2)6-3;1-2-4-5-3-1;;/h4-6H2,1-3H3;1-4H2;;. The van der Waals surface area contributed by atoms with Crippen molar-refractivity contribution >= 4 is 25.6 Å². The minimum atomic E-state index is 0. The Labute approximate surface area is 96.3 Å². The van der Waals surface area contributed by atoms with Crippen LogP contribution in [0.2, 0.25) is 19.0 Å². The van der Waals surface area contributed by atoms with Gasteiger partial charge in [-0.2, -0.15) is 0 Å². The van der Waals surface area contributed by atoms with Crippen LogP contribution < -0.4 is 0 Å². The van der Waals surface area contributed by atoms with Gasteiger partial charge >= 0.3 is 18.9 Å². The van der Waals surface area contributed by atoms with Crippen molar-refractivity contribution in [1.82, 2.24) is 0 Å². The molecule has 0 amide bonds. The number of rotatable bonds is 3. The van der Waals surface area contributed by atoms with Crippen molar-refractivity contribution in [3.05, 3.63) is 0 Å². The molecule has 0 saturated carbocycles. The van der Waals surface area contributed by atoms with E-state index in [1.54, 1.807) is 0 Å². The first kappa shape index (κ1) is 16.1. The third kappa shape index (κ3) is 10.5. The van der Waals surface area contributed by atoms with Gasteiger partial charge in [0, 0.05) is 13.2 Å². The molecule has 0 aromatic heterocycles. The Morgan fingerprint density at radius 2 is 1.31 bits per heavy atom. The van der Waals surface area contributed by atoms with Gasteiger partial charge in [-0.05, 0) is 12.8 Å². The Morgan fingerprint density at radius 1 is 0.923 bits per heavy atom. The van der Waals surface area contributed by atoms with E-state index in [4.69, 9.17) is 4.74 Å². The monoisotopic (exact) mass is 178 g/mol. The number of ether oxygens (including phenoxy) is 1. The van der Waals surface area contributed by atoms with Gasteiger partial charge in [-0.3, -0.25) is 0 Å². The van der Waals surface area contributed by atoms with E-state index in [9.17, 15) is 0 Å². The van der Waals surface area contributed by atoms with Crippen LogP contribution in [0.15, 0.2) is 0 Å². The Hall–Kier alpha value is 0.622. The predicted molar refractivity (Wildman–Crippen MR) is 64.4 cm³/mol. The van der Waals surface area contributed by atoms with Gasteiger partial charge < -0.3 is 4.74 Å². The van der Waals surface area contributed by atoms with E-state index in [1.165, 1.54) is 31.8 Å². The molecule has 1 saturated heterocycles. The molecule has 0 bridgehead atoms. The van der Waals surface area contributed by atoms with E-state index in [0.29, 0.717) is 0 Å². The second kappa shape index (κ2) is 12.6. The first-order valence-electron chi connectivity index (χ1n) is 5.42. The molecule has 1 rings (SSSR count). The minimum absolute atomic E-state index is 0. The Kier molecular flexibility index (Phi) is 15.6. The molecule has 1 nitrogen and oxygen atoms in total. The fourth-order valence-electron chi connectivity index (χ4n) is 1.38. The van der Waals surface area contributed by atoms with Gasteiger partial charge in [-0.1, -0.05) is 39.7 Å². The number of hydrogen-bond donors (Lipinski definition) is 0. The van der Waals surface area contributed by atoms with Gasteiger partial charge in [0.25, 0.3) is 0 Å². The van der Waals surface area contributed by atoms with Gasteiger partial charge in [0.1, 0.15) is 6.71 Å². The van der Waals surface area contributed by atoms with Crippen molar-refractivity contribution in [3.63, 3.8) is 0 Å². The predicted octanol–water partition coefficient (Wildman–Crippen LogP) is 2.69. The van der Waals surface area contributed by atoms with Crippen LogP contribution in [0, 0.1) is 0 Å². The average Bonchev–Trinajstić information content (AvgIpc) is 2.64. The van der Waals surface area contributed by atoms with Crippen molar-refractivity contribution in [2.75, 3.05) is 13.2 Å². The molecule has 1 fully saturated rings. The molecule has 0 spiro atoms. The topological polar surface area (TPSA) is 9.23 Å². The molecule has 1 aliphatic heterocycles. The summed E-state index contributed by atoms with van der Waals surface area (Å²) in [6, 6.07) is 0. The molecule has 0 aromatic carbocycles. The van der Waals surface area contributed by atoms with E-state index in [0.717, 1.165) is 19.9 Å². The van der Waals surface area contributed by atoms with E-state index < -0.39 is 0 Å². The summed E-state index contributed by atoms with van der Waals surface area (Å²) in [6.45, 7) is 9.77. The fourth-order valence-corrected chi connectivity index (χ4v) is 1.38. The molecule has 0 aliphatic carbocycles. The van der Waals surface area contributed by atoms with Crippen LogP contribution >= 0.6 is 0 Å². The summed E-state index contributed by atoms with van der Waals surface area (Å²) < 4.78 is 4.94. The zero-order chi connectivity index (χ0) is 9.23. The van der Waals surface area contributed by atoms with Gasteiger partial charge in [0.05, 0.1) is 0 Å². The van der Waals surface area contributed by atoms with E-state index in [-0.39, 0.29) is 18.9 Å². The summed E-state index contributed by atoms with van der Waals surface area (Å²) in [5.74, 6) is 0. The maximum absolute atomic E-state index is 4.94. The van der Waals surface area contributed by atoms with Crippen LogP contribution in [0.4, 0.5) is 0 Å². The molecular formula is C10H24BLiO. The Bertz CT molecular complexity index is 69.9. The van der Waals surface area contributed by atoms with Crippen molar-refractivity contribution < 1.29 is 4.74 Å². The second-order valence-corrected chi connectivity index (χ2v) is 3.41. The molecule has 0 radical (unpaired) electrons. The fraction of sp³-hybridized carbons (Fsp3) is 1.00. The van der Waals surface area contributed by atoms with E-state index in [2.05, 4.69) is 20.8 Å². The summed E-state index contributed by atoms with van der Waals surface area (Å²) in [5, 5.41) is 0. The SMILES string of the molecule is C1CCOC1.CCB(CC)CC.[LiH]. The third-order valence-corrected chi connectivity index (χ3v) is 2.56. The maximum atomic E-state index is 4.94. The van der Waals surface area contributed by atoms with E-state index in [1.807, 2.05) is 0 Å². The normalized spacial score (nSPS) is 14.1. The molecule has 74 valence electrons. The molecule has 1 heterocycles. The zero-order valence-corrected chi connectivity index (χ0v) is 8.94. The Balaban J connectivity index is 0. The summed E-state index contributed by atoms with van der Waals surface area (Å²) in [6.07, 6.45) is 6.62. The molecule has 0 N–H and O–H groups in total. The third-order valence-electron chi connectivity index (χ3n) is 2.56. The summed E-state index contributed by atoms with van der Waals surface area (Å²) >= 11 is 0. The van der Waals surface area contributed by atoms with Crippen molar-refractivity contribution in [3.8, 4) is 0 Å². The zero-order valence-electron chi connectivity index (χ0n) is 8.94. The van der Waals surface area contributed by atoms with Crippen LogP contribution in [0.5, 0.6) is 0 Å². The van der Waals surface area contributed by atoms with Gasteiger partial charge in [-0.15, -0.1) is 0 Å². The first-order chi connectivity index (χ1) is 5.85. The van der Waals surface area contributed by atoms with Crippen LogP contribution in [0.25, 0.3) is 0 Å². The Morgan fingerprint density at radius 3 is 1.38 bits per heavy atom. The van der Waals surface area contributed by atoms with Crippen molar-refractivity contribution in [2.45, 2.75) is 52.6 Å². The molecule has 1 aliphatic rings. The van der Waals surface area contributed by atoms with Gasteiger partial charge in [0.15, 0.2) is 0 Å². The van der Waals surface area contributed by atoms with E-state index >= 15 is 0 Å². The molecule has 0 aromatic rings. The quantitative estimate of drug-likeness (QED) is 0.603. The molecule has 13 heavy (non-hydrogen) atoms. The summed E-state index contributed by atoms with van der Waals surface area (Å²) in [7, 11) is 0. The van der Waals surface area contributed by atoms with Crippen LogP contribution in [-0.4, -0.2) is 38.8 Å². The molecule has 0 atom stereocenters. The number of hydrogen-bond acceptors (Lipinski definition) is 1. The van der Waals surface area contributed by atoms with Gasteiger partial charge in [-0.25, -0.2) is 0 Å². The first-order valence-corrected chi connectivity index (χ1v) is 5.42. The second-order valence-electron chi connectivity index (χ2n) is 3.41.